The van der Waals surface area contributed by atoms with Gasteiger partial charge in [0.15, 0.2) is 0 Å². The average Bonchev–Trinajstić information content (AvgIpc) is 2.46. The van der Waals surface area contributed by atoms with Crippen molar-refractivity contribution >= 4 is 26.8 Å². The highest BCUT2D eigenvalue weighted by Crippen LogP contribution is 2.30. The Morgan fingerprint density at radius 3 is 2.36 bits per heavy atom. The number of ether oxygens (including phenoxy) is 1. The molecule has 1 N–H and O–H groups in total. The van der Waals surface area contributed by atoms with E-state index in [9.17, 15) is 0 Å². The highest BCUT2D eigenvalue weighted by atomic mass is 35.5. The van der Waals surface area contributed by atoms with Gasteiger partial charge in [-0.25, -0.2) is 0 Å². The third-order valence-electron chi connectivity index (χ3n) is 3.81. The van der Waals surface area contributed by atoms with Gasteiger partial charge in [0.25, 0.3) is 0 Å². The van der Waals surface area contributed by atoms with Crippen molar-refractivity contribution in [3.05, 3.63) is 28.3 Å². The Morgan fingerprint density at radius 2 is 1.82 bits per heavy atom. The molecule has 1 aliphatic rings. The fourth-order valence-corrected chi connectivity index (χ4v) is 4.56. The van der Waals surface area contributed by atoms with Gasteiger partial charge in [-0.2, -0.15) is 0 Å². The van der Waals surface area contributed by atoms with Gasteiger partial charge < -0.3 is 9.84 Å². The maximum atomic E-state index is 8.99. The molecule has 0 unspecified atom stereocenters. The molecule has 0 radical (unpaired) electrons. The van der Waals surface area contributed by atoms with Gasteiger partial charge in [0.05, 0.1) is 13.2 Å². The van der Waals surface area contributed by atoms with Crippen LogP contribution in [0.25, 0.3) is 0 Å². The second-order valence-corrected chi connectivity index (χ2v) is 9.15. The minimum absolute atomic E-state index is 0.00782. The summed E-state index contributed by atoms with van der Waals surface area (Å²) in [5.74, 6) is 2.78. The third-order valence-corrected chi connectivity index (χ3v) is 7.29. The van der Waals surface area contributed by atoms with Gasteiger partial charge in [-0.05, 0) is 36.1 Å². The van der Waals surface area contributed by atoms with Crippen molar-refractivity contribution in [3.63, 3.8) is 0 Å². The largest absolute Gasteiger partial charge is 0.493 e. The van der Waals surface area contributed by atoms with Crippen LogP contribution in [0.15, 0.2) is 12.1 Å². The Balaban J connectivity index is 0.000000239. The zero-order chi connectivity index (χ0) is 16.5. The van der Waals surface area contributed by atoms with Gasteiger partial charge in [0.1, 0.15) is 5.75 Å². The first-order valence-corrected chi connectivity index (χ1v) is 10.9. The predicted octanol–water partition coefficient (Wildman–Crippen LogP) is 4.73. The molecule has 1 aliphatic heterocycles. The maximum absolute atomic E-state index is 8.99. The lowest BCUT2D eigenvalue weighted by molar-refractivity contribution is 0.277. The van der Waals surface area contributed by atoms with E-state index in [1.54, 1.807) is 6.07 Å². The topological polar surface area (TPSA) is 29.5 Å². The number of halogens is 1. The van der Waals surface area contributed by atoms with Gasteiger partial charge in [0, 0.05) is 5.02 Å². The summed E-state index contributed by atoms with van der Waals surface area (Å²) in [5, 5.41) is 12.7. The van der Waals surface area contributed by atoms with Crippen molar-refractivity contribution in [2.45, 2.75) is 57.7 Å². The normalized spacial score (nSPS) is 13.3. The SMILES string of the molecule is CC(C)[CH2][AlH][CH2]C(C)C.OCc1cc2c(cc1Cl)OCCC2. The van der Waals surface area contributed by atoms with E-state index >= 15 is 0 Å². The lowest BCUT2D eigenvalue weighted by Crippen LogP contribution is -2.08. The second-order valence-electron chi connectivity index (χ2n) is 6.88. The molecule has 2 nitrogen and oxygen atoms in total. The maximum Gasteiger partial charge on any atom is 0.237 e. The van der Waals surface area contributed by atoms with E-state index in [0.717, 1.165) is 48.2 Å². The van der Waals surface area contributed by atoms with Crippen LogP contribution in [0, 0.1) is 11.8 Å². The molecule has 124 valence electrons. The zero-order valence-corrected chi connectivity index (χ0v) is 16.7. The standard InChI is InChI=1S/C10H11ClO2.2C4H9.Al.H/c11-9-5-10-7(2-1-3-13-10)4-8(9)6-12;2*1-4(2)3;;/h4-5,12H,1-3,6H2;2*4H,1H2,2-3H3;;. The molecule has 0 aliphatic carbocycles. The van der Waals surface area contributed by atoms with E-state index in [4.69, 9.17) is 21.4 Å². The molecule has 1 aromatic rings. The van der Waals surface area contributed by atoms with Crippen LogP contribution in [-0.2, 0) is 13.0 Å². The number of hydrogen-bond donors (Lipinski definition) is 1. The fourth-order valence-electron chi connectivity index (χ4n) is 2.48. The van der Waals surface area contributed by atoms with Crippen LogP contribution >= 0.6 is 11.6 Å². The highest BCUT2D eigenvalue weighted by Gasteiger charge is 2.12. The Hall–Kier alpha value is -0.198. The number of benzene rings is 1. The van der Waals surface area contributed by atoms with Crippen LogP contribution in [0.4, 0.5) is 0 Å². The first kappa shape index (κ1) is 19.8. The smallest absolute Gasteiger partial charge is 0.237 e. The van der Waals surface area contributed by atoms with Crippen LogP contribution in [0.1, 0.15) is 45.2 Å². The molecule has 0 atom stereocenters. The molecule has 0 aromatic heterocycles. The van der Waals surface area contributed by atoms with Crippen molar-refractivity contribution < 1.29 is 9.84 Å². The van der Waals surface area contributed by atoms with Crippen molar-refractivity contribution in [1.29, 1.82) is 0 Å². The molecule has 1 aromatic carbocycles. The van der Waals surface area contributed by atoms with E-state index < -0.39 is 0 Å². The quantitative estimate of drug-likeness (QED) is 0.785. The van der Waals surface area contributed by atoms with Gasteiger partial charge in [-0.1, -0.05) is 61.7 Å². The molecule has 2 rings (SSSR count). The van der Waals surface area contributed by atoms with Crippen LogP contribution in [0.2, 0.25) is 15.6 Å². The van der Waals surface area contributed by atoms with Crippen LogP contribution < -0.4 is 4.74 Å². The van der Waals surface area contributed by atoms with Crippen LogP contribution in [0.3, 0.4) is 0 Å². The first-order chi connectivity index (χ1) is 10.4. The van der Waals surface area contributed by atoms with E-state index in [-0.39, 0.29) is 6.61 Å². The lowest BCUT2D eigenvalue weighted by Gasteiger charge is -2.18. The number of fused-ring (bicyclic) bond motifs is 1. The summed E-state index contributed by atoms with van der Waals surface area (Å²) in [6.07, 6.45) is 2.05. The molecule has 22 heavy (non-hydrogen) atoms. The predicted molar refractivity (Wildman–Crippen MR) is 97.6 cm³/mol. The summed E-state index contributed by atoms with van der Waals surface area (Å²) >= 11 is 6.24. The van der Waals surface area contributed by atoms with Gasteiger partial charge in [0.2, 0.25) is 15.2 Å². The van der Waals surface area contributed by atoms with Crippen LogP contribution in [0.5, 0.6) is 5.75 Å². The number of aliphatic hydroxyl groups is 1. The van der Waals surface area contributed by atoms with Crippen molar-refractivity contribution in [3.8, 4) is 5.75 Å². The molecular formula is C18H30AlClO2. The van der Waals surface area contributed by atoms with E-state index in [1.165, 1.54) is 10.6 Å². The Morgan fingerprint density at radius 1 is 1.18 bits per heavy atom. The van der Waals surface area contributed by atoms with Crippen molar-refractivity contribution in [2.24, 2.45) is 11.8 Å². The average molecular weight is 341 g/mol. The Kier molecular flexibility index (Phi) is 9.52. The molecule has 0 bridgehead atoms. The summed E-state index contributed by atoms with van der Waals surface area (Å²) in [6.45, 7) is 10.1. The monoisotopic (exact) mass is 340 g/mol. The summed E-state index contributed by atoms with van der Waals surface area (Å²) in [7, 11) is 0. The summed E-state index contributed by atoms with van der Waals surface area (Å²) in [4.78, 5) is 0. The molecule has 0 saturated carbocycles. The van der Waals surface area contributed by atoms with Crippen molar-refractivity contribution in [1.82, 2.24) is 0 Å². The molecule has 0 fully saturated rings. The van der Waals surface area contributed by atoms with Crippen LogP contribution in [-0.4, -0.2) is 26.9 Å². The summed E-state index contributed by atoms with van der Waals surface area (Å²) in [5.41, 5.74) is 1.94. The van der Waals surface area contributed by atoms with E-state index in [0.29, 0.717) is 20.2 Å². The second kappa shape index (κ2) is 10.6. The molecule has 1 heterocycles. The Bertz CT molecular complexity index is 439. The molecule has 0 amide bonds. The minimum atomic E-state index is -0.00782. The van der Waals surface area contributed by atoms with Crippen molar-refractivity contribution in [2.75, 3.05) is 6.61 Å². The molecule has 0 spiro atoms. The molecular weight excluding hydrogens is 311 g/mol. The molecule has 4 heteroatoms. The lowest BCUT2D eigenvalue weighted by atomic mass is 10.0. The highest BCUT2D eigenvalue weighted by molar-refractivity contribution is 6.35. The number of rotatable bonds is 5. The van der Waals surface area contributed by atoms with E-state index in [2.05, 4.69) is 27.7 Å². The first-order valence-electron chi connectivity index (χ1n) is 8.49. The third kappa shape index (κ3) is 7.38. The summed E-state index contributed by atoms with van der Waals surface area (Å²) in [6, 6.07) is 3.72. The molecule has 0 saturated heterocycles. The minimum Gasteiger partial charge on any atom is -0.493 e. The van der Waals surface area contributed by atoms with Gasteiger partial charge >= 0.3 is 0 Å². The Labute approximate surface area is 146 Å². The van der Waals surface area contributed by atoms with Gasteiger partial charge in [-0.3, -0.25) is 0 Å². The van der Waals surface area contributed by atoms with E-state index in [1.807, 2.05) is 6.07 Å². The zero-order valence-electron chi connectivity index (χ0n) is 14.5. The summed E-state index contributed by atoms with van der Waals surface area (Å²) < 4.78 is 5.44. The number of aliphatic hydroxyl groups excluding tert-OH is 1. The number of hydrogen-bond acceptors (Lipinski definition) is 2. The number of aryl methyl sites for hydroxylation is 1. The van der Waals surface area contributed by atoms with Gasteiger partial charge in [-0.15, -0.1) is 0 Å². The fraction of sp³-hybridized carbons (Fsp3) is 0.667.